The van der Waals surface area contributed by atoms with Gasteiger partial charge in [0, 0.05) is 19.3 Å². The fourth-order valence-corrected chi connectivity index (χ4v) is 2.96. The van der Waals surface area contributed by atoms with Gasteiger partial charge in [0.25, 0.3) is 5.56 Å². The molecule has 27 heavy (non-hydrogen) atoms. The summed E-state index contributed by atoms with van der Waals surface area (Å²) in [5.41, 5.74) is -5.07. The van der Waals surface area contributed by atoms with Crippen molar-refractivity contribution in [1.29, 1.82) is 0 Å². The van der Waals surface area contributed by atoms with Crippen LogP contribution in [0.15, 0.2) is 27.9 Å². The molecule has 1 aromatic heterocycles. The highest BCUT2D eigenvalue weighted by Gasteiger charge is 2.36. The van der Waals surface area contributed by atoms with Crippen LogP contribution in [0, 0.1) is 5.82 Å². The number of aromatic nitrogens is 2. The summed E-state index contributed by atoms with van der Waals surface area (Å²) < 4.78 is 59.9. The number of halogens is 5. The van der Waals surface area contributed by atoms with Gasteiger partial charge in [-0.05, 0) is 6.07 Å². The maximum Gasteiger partial charge on any atom is 0.423 e. The van der Waals surface area contributed by atoms with Crippen LogP contribution in [0.25, 0.3) is 5.69 Å². The maximum atomic E-state index is 14.4. The highest BCUT2D eigenvalue weighted by molar-refractivity contribution is 6.76. The average molecular weight is 425 g/mol. The average Bonchev–Trinajstić information content (AvgIpc) is 2.49. The lowest BCUT2D eigenvalue weighted by Crippen LogP contribution is -2.41. The Balaban J connectivity index is 2.74. The van der Waals surface area contributed by atoms with Crippen LogP contribution in [-0.2, 0) is 13.2 Å². The Labute approximate surface area is 157 Å². The van der Waals surface area contributed by atoms with E-state index in [4.69, 9.17) is 16.3 Å². The SMILES string of the molecule is Cn1cc(C(F)(F)F)c(=O)n(-c2cc(OC[Si](C)(C)C)c(Cl)cc2F)c1=O. The van der Waals surface area contributed by atoms with Crippen molar-refractivity contribution in [2.45, 2.75) is 25.8 Å². The minimum absolute atomic E-state index is 0.0261. The standard InChI is InChI=1S/C16H17ClF4N2O3Si/c1-22-7-9(16(19,20)21)14(24)23(15(22)25)12-6-13(10(17)5-11(12)18)26-8-27(2,3)4/h5-7H,8H2,1-4H3. The van der Waals surface area contributed by atoms with Gasteiger partial charge in [-0.2, -0.15) is 13.2 Å². The Morgan fingerprint density at radius 1 is 1.19 bits per heavy atom. The first-order valence-corrected chi connectivity index (χ1v) is 11.8. The lowest BCUT2D eigenvalue weighted by atomic mass is 10.2. The van der Waals surface area contributed by atoms with Crippen molar-refractivity contribution in [1.82, 2.24) is 9.13 Å². The van der Waals surface area contributed by atoms with Crippen LogP contribution >= 0.6 is 11.6 Å². The van der Waals surface area contributed by atoms with Crippen molar-refractivity contribution in [2.75, 3.05) is 6.23 Å². The number of benzene rings is 1. The first kappa shape index (κ1) is 21.2. The molecule has 0 radical (unpaired) electrons. The molecule has 0 spiro atoms. The lowest BCUT2D eigenvalue weighted by molar-refractivity contribution is -0.139. The van der Waals surface area contributed by atoms with Crippen molar-refractivity contribution in [3.63, 3.8) is 0 Å². The van der Waals surface area contributed by atoms with Gasteiger partial charge in [-0.25, -0.2) is 13.8 Å². The second-order valence-corrected chi connectivity index (χ2v) is 13.0. The zero-order valence-corrected chi connectivity index (χ0v) is 16.7. The zero-order chi connectivity index (χ0) is 20.7. The van der Waals surface area contributed by atoms with Crippen LogP contribution in [0.4, 0.5) is 17.6 Å². The predicted octanol–water partition coefficient (Wildman–Crippen LogP) is 3.60. The molecular formula is C16H17ClF4N2O3Si. The number of aryl methyl sites for hydroxylation is 1. The molecule has 148 valence electrons. The van der Waals surface area contributed by atoms with Gasteiger partial charge in [-0.15, -0.1) is 0 Å². The molecule has 0 fully saturated rings. The fraction of sp³-hybridized carbons (Fsp3) is 0.375. The van der Waals surface area contributed by atoms with Crippen LogP contribution in [0.3, 0.4) is 0 Å². The van der Waals surface area contributed by atoms with Crippen molar-refractivity contribution in [2.24, 2.45) is 7.05 Å². The summed E-state index contributed by atoms with van der Waals surface area (Å²) in [7, 11) is -0.664. The molecule has 1 aromatic carbocycles. The summed E-state index contributed by atoms with van der Waals surface area (Å²) in [6, 6.07) is 1.75. The van der Waals surface area contributed by atoms with Gasteiger partial charge in [0.05, 0.1) is 25.0 Å². The van der Waals surface area contributed by atoms with Gasteiger partial charge in [0.2, 0.25) is 0 Å². The first-order valence-electron chi connectivity index (χ1n) is 7.74. The Bertz CT molecular complexity index is 993. The Morgan fingerprint density at radius 2 is 1.78 bits per heavy atom. The minimum Gasteiger partial charge on any atom is -0.496 e. The van der Waals surface area contributed by atoms with Gasteiger partial charge in [0.1, 0.15) is 17.1 Å². The monoisotopic (exact) mass is 424 g/mol. The molecule has 0 saturated heterocycles. The van der Waals surface area contributed by atoms with Gasteiger partial charge >= 0.3 is 11.9 Å². The van der Waals surface area contributed by atoms with E-state index >= 15 is 0 Å². The third-order valence-corrected chi connectivity index (χ3v) is 4.76. The molecule has 1 heterocycles. The zero-order valence-electron chi connectivity index (χ0n) is 14.9. The molecular weight excluding hydrogens is 408 g/mol. The minimum atomic E-state index is -5.01. The quantitative estimate of drug-likeness (QED) is 0.556. The molecule has 2 rings (SSSR count). The molecule has 0 aliphatic carbocycles. The fourth-order valence-electron chi connectivity index (χ4n) is 2.17. The first-order chi connectivity index (χ1) is 12.2. The van der Waals surface area contributed by atoms with E-state index in [0.717, 1.165) is 19.2 Å². The van der Waals surface area contributed by atoms with Crippen molar-refractivity contribution in [3.8, 4) is 11.4 Å². The Hall–Kier alpha value is -2.07. The highest BCUT2D eigenvalue weighted by atomic mass is 35.5. The molecule has 0 aliphatic heterocycles. The van der Waals surface area contributed by atoms with Crippen molar-refractivity contribution < 1.29 is 22.3 Å². The number of ether oxygens (including phenoxy) is 1. The van der Waals surface area contributed by atoms with Crippen LogP contribution in [0.5, 0.6) is 5.75 Å². The van der Waals surface area contributed by atoms with E-state index in [-0.39, 0.29) is 15.3 Å². The molecule has 0 aliphatic rings. The second-order valence-electron chi connectivity index (χ2n) is 7.16. The van der Waals surface area contributed by atoms with Crippen LogP contribution in [-0.4, -0.2) is 23.4 Å². The van der Waals surface area contributed by atoms with Crippen LogP contribution in [0.2, 0.25) is 24.7 Å². The Kier molecular flexibility index (Phi) is 5.63. The van der Waals surface area contributed by atoms with Gasteiger partial charge in [-0.1, -0.05) is 31.2 Å². The van der Waals surface area contributed by atoms with Gasteiger partial charge in [0.15, 0.2) is 0 Å². The smallest absolute Gasteiger partial charge is 0.423 e. The van der Waals surface area contributed by atoms with E-state index in [2.05, 4.69) is 0 Å². The molecule has 0 unspecified atom stereocenters. The van der Waals surface area contributed by atoms with Crippen LogP contribution < -0.4 is 16.0 Å². The predicted molar refractivity (Wildman–Crippen MR) is 96.1 cm³/mol. The molecule has 0 amide bonds. The molecule has 0 N–H and O–H groups in total. The number of nitrogens with zero attached hydrogens (tertiary/aromatic N) is 2. The van der Waals surface area contributed by atoms with E-state index in [1.54, 1.807) is 0 Å². The normalized spacial score (nSPS) is 12.3. The van der Waals surface area contributed by atoms with Gasteiger partial charge < -0.3 is 9.30 Å². The third-order valence-electron chi connectivity index (χ3n) is 3.46. The molecule has 2 aromatic rings. The second kappa shape index (κ2) is 7.15. The van der Waals surface area contributed by atoms with E-state index < -0.39 is 42.6 Å². The number of alkyl halides is 3. The topological polar surface area (TPSA) is 53.2 Å². The van der Waals surface area contributed by atoms with E-state index in [0.29, 0.717) is 17.0 Å². The van der Waals surface area contributed by atoms with Crippen molar-refractivity contribution in [3.05, 3.63) is 55.6 Å². The van der Waals surface area contributed by atoms with Gasteiger partial charge in [-0.3, -0.25) is 4.79 Å². The van der Waals surface area contributed by atoms with E-state index in [9.17, 15) is 27.2 Å². The lowest BCUT2D eigenvalue weighted by Gasteiger charge is -2.19. The highest BCUT2D eigenvalue weighted by Crippen LogP contribution is 2.30. The molecule has 0 saturated carbocycles. The summed E-state index contributed by atoms with van der Waals surface area (Å²) >= 11 is 5.93. The number of rotatable bonds is 4. The molecule has 11 heteroatoms. The summed E-state index contributed by atoms with van der Waals surface area (Å²) in [5, 5.41) is -0.119. The van der Waals surface area contributed by atoms with E-state index in [1.165, 1.54) is 0 Å². The summed E-state index contributed by atoms with van der Waals surface area (Å²) in [5.74, 6) is -1.15. The summed E-state index contributed by atoms with van der Waals surface area (Å²) in [4.78, 5) is 24.5. The number of hydrogen-bond donors (Lipinski definition) is 0. The largest absolute Gasteiger partial charge is 0.496 e. The Morgan fingerprint density at radius 3 is 2.30 bits per heavy atom. The number of hydrogen-bond acceptors (Lipinski definition) is 3. The molecule has 0 bridgehead atoms. The van der Waals surface area contributed by atoms with Crippen molar-refractivity contribution >= 4 is 19.7 Å². The summed E-state index contributed by atoms with van der Waals surface area (Å²) in [6.45, 7) is 6.00. The third kappa shape index (κ3) is 4.61. The maximum absolute atomic E-state index is 14.4. The van der Waals surface area contributed by atoms with E-state index in [1.807, 2.05) is 19.6 Å². The summed E-state index contributed by atoms with van der Waals surface area (Å²) in [6.07, 6.45) is -4.34. The molecule has 5 nitrogen and oxygen atoms in total. The molecule has 0 atom stereocenters. The van der Waals surface area contributed by atoms with Crippen LogP contribution in [0.1, 0.15) is 5.56 Å².